The first kappa shape index (κ1) is 13.5. The SMILES string of the molecule is CN(Cc1cccnc1)c1ncc(CN)c2ccccc12. The molecule has 2 aromatic heterocycles. The van der Waals surface area contributed by atoms with Crippen LogP contribution in [0.15, 0.2) is 55.0 Å². The van der Waals surface area contributed by atoms with Gasteiger partial charge in [0.1, 0.15) is 5.82 Å². The van der Waals surface area contributed by atoms with Gasteiger partial charge >= 0.3 is 0 Å². The Morgan fingerprint density at radius 3 is 2.57 bits per heavy atom. The van der Waals surface area contributed by atoms with Crippen LogP contribution in [0, 0.1) is 0 Å². The second-order valence-electron chi connectivity index (χ2n) is 5.07. The molecule has 0 aliphatic rings. The molecule has 2 N–H and O–H groups in total. The van der Waals surface area contributed by atoms with E-state index in [4.69, 9.17) is 5.73 Å². The first-order valence-corrected chi connectivity index (χ1v) is 6.96. The van der Waals surface area contributed by atoms with Gasteiger partial charge in [-0.3, -0.25) is 4.98 Å². The summed E-state index contributed by atoms with van der Waals surface area (Å²) in [4.78, 5) is 10.9. The summed E-state index contributed by atoms with van der Waals surface area (Å²) < 4.78 is 0. The van der Waals surface area contributed by atoms with Crippen molar-refractivity contribution in [1.82, 2.24) is 9.97 Å². The van der Waals surface area contributed by atoms with E-state index in [1.165, 1.54) is 5.39 Å². The Kier molecular flexibility index (Phi) is 3.79. The van der Waals surface area contributed by atoms with Crippen molar-refractivity contribution in [3.63, 3.8) is 0 Å². The van der Waals surface area contributed by atoms with Crippen LogP contribution in [0.4, 0.5) is 5.82 Å². The number of benzene rings is 1. The number of anilines is 1. The van der Waals surface area contributed by atoms with E-state index in [1.807, 2.05) is 37.6 Å². The molecule has 0 bridgehead atoms. The zero-order valence-electron chi connectivity index (χ0n) is 12.0. The zero-order valence-corrected chi connectivity index (χ0v) is 12.0. The number of fused-ring (bicyclic) bond motifs is 1. The van der Waals surface area contributed by atoms with E-state index in [2.05, 4.69) is 33.1 Å². The van der Waals surface area contributed by atoms with E-state index in [0.717, 1.165) is 28.9 Å². The van der Waals surface area contributed by atoms with Gasteiger partial charge in [0.25, 0.3) is 0 Å². The van der Waals surface area contributed by atoms with E-state index in [1.54, 1.807) is 6.20 Å². The summed E-state index contributed by atoms with van der Waals surface area (Å²) in [6.07, 6.45) is 5.54. The number of nitrogens with zero attached hydrogens (tertiary/aromatic N) is 3. The minimum absolute atomic E-state index is 0.500. The second kappa shape index (κ2) is 5.89. The molecule has 0 unspecified atom stereocenters. The van der Waals surface area contributed by atoms with Crippen LogP contribution in [0.5, 0.6) is 0 Å². The molecule has 0 fully saturated rings. The fourth-order valence-corrected chi connectivity index (χ4v) is 2.54. The molecule has 3 aromatic rings. The van der Waals surface area contributed by atoms with Crippen molar-refractivity contribution in [3.05, 3.63) is 66.1 Å². The van der Waals surface area contributed by atoms with Crippen LogP contribution in [0.3, 0.4) is 0 Å². The third-order valence-electron chi connectivity index (χ3n) is 3.58. The molecule has 0 saturated heterocycles. The molecule has 0 spiro atoms. The Hall–Kier alpha value is -2.46. The van der Waals surface area contributed by atoms with Crippen LogP contribution in [0.1, 0.15) is 11.1 Å². The molecule has 0 saturated carbocycles. The monoisotopic (exact) mass is 278 g/mol. The molecular weight excluding hydrogens is 260 g/mol. The number of rotatable bonds is 4. The minimum atomic E-state index is 0.500. The average Bonchev–Trinajstić information content (AvgIpc) is 2.54. The molecular formula is C17H18N4. The summed E-state index contributed by atoms with van der Waals surface area (Å²) in [6.45, 7) is 1.27. The molecule has 1 aromatic carbocycles. The van der Waals surface area contributed by atoms with Crippen LogP contribution in [-0.4, -0.2) is 17.0 Å². The van der Waals surface area contributed by atoms with Gasteiger partial charge in [-0.2, -0.15) is 0 Å². The van der Waals surface area contributed by atoms with Gasteiger partial charge in [0.15, 0.2) is 0 Å². The van der Waals surface area contributed by atoms with Crippen LogP contribution >= 0.6 is 0 Å². The van der Waals surface area contributed by atoms with Gasteiger partial charge in [0, 0.05) is 44.1 Å². The van der Waals surface area contributed by atoms with Crippen molar-refractivity contribution < 1.29 is 0 Å². The summed E-state index contributed by atoms with van der Waals surface area (Å²) in [5.41, 5.74) is 8.04. The maximum Gasteiger partial charge on any atom is 0.136 e. The van der Waals surface area contributed by atoms with Crippen LogP contribution < -0.4 is 10.6 Å². The van der Waals surface area contributed by atoms with Gasteiger partial charge < -0.3 is 10.6 Å². The van der Waals surface area contributed by atoms with Gasteiger partial charge in [0.05, 0.1) is 0 Å². The predicted octanol–water partition coefficient (Wildman–Crippen LogP) is 2.72. The molecule has 106 valence electrons. The van der Waals surface area contributed by atoms with Gasteiger partial charge in [0.2, 0.25) is 0 Å². The lowest BCUT2D eigenvalue weighted by atomic mass is 10.1. The lowest BCUT2D eigenvalue weighted by Crippen LogP contribution is -2.18. The van der Waals surface area contributed by atoms with Crippen LogP contribution in [0.25, 0.3) is 10.8 Å². The van der Waals surface area contributed by atoms with Crippen LogP contribution in [-0.2, 0) is 13.1 Å². The molecule has 0 aliphatic carbocycles. The standard InChI is InChI=1S/C17H18N4/c1-21(12-13-5-4-8-19-10-13)17-16-7-3-2-6-15(16)14(9-18)11-20-17/h2-8,10-11H,9,12,18H2,1H3. The van der Waals surface area contributed by atoms with E-state index < -0.39 is 0 Å². The predicted molar refractivity (Wildman–Crippen MR) is 86.0 cm³/mol. The van der Waals surface area contributed by atoms with Crippen LogP contribution in [0.2, 0.25) is 0 Å². The van der Waals surface area contributed by atoms with Gasteiger partial charge in [-0.1, -0.05) is 30.3 Å². The molecule has 0 atom stereocenters. The summed E-state index contributed by atoms with van der Waals surface area (Å²) in [5, 5.41) is 2.30. The molecule has 0 aliphatic heterocycles. The first-order valence-electron chi connectivity index (χ1n) is 6.96. The molecule has 3 rings (SSSR count). The first-order chi connectivity index (χ1) is 10.3. The summed E-state index contributed by atoms with van der Waals surface area (Å²) in [7, 11) is 2.05. The number of aromatic nitrogens is 2. The highest BCUT2D eigenvalue weighted by atomic mass is 15.2. The topological polar surface area (TPSA) is 55.0 Å². The largest absolute Gasteiger partial charge is 0.355 e. The number of hydrogen-bond acceptors (Lipinski definition) is 4. The quantitative estimate of drug-likeness (QED) is 0.797. The highest BCUT2D eigenvalue weighted by Crippen LogP contribution is 2.27. The molecule has 4 nitrogen and oxygen atoms in total. The van der Waals surface area contributed by atoms with Crippen molar-refractivity contribution in [2.75, 3.05) is 11.9 Å². The van der Waals surface area contributed by atoms with Crippen molar-refractivity contribution in [2.45, 2.75) is 13.1 Å². The average molecular weight is 278 g/mol. The zero-order chi connectivity index (χ0) is 14.7. The molecule has 4 heteroatoms. The fraction of sp³-hybridized carbons (Fsp3) is 0.176. The third kappa shape index (κ3) is 2.71. The van der Waals surface area contributed by atoms with E-state index in [0.29, 0.717) is 6.54 Å². The highest BCUT2D eigenvalue weighted by Gasteiger charge is 2.10. The highest BCUT2D eigenvalue weighted by molar-refractivity contribution is 5.94. The Morgan fingerprint density at radius 1 is 1.05 bits per heavy atom. The Balaban J connectivity index is 2.00. The lowest BCUT2D eigenvalue weighted by molar-refractivity contribution is 0.895. The van der Waals surface area contributed by atoms with E-state index >= 15 is 0 Å². The Bertz CT molecular complexity index is 740. The summed E-state index contributed by atoms with van der Waals surface area (Å²) in [6, 6.07) is 12.3. The number of pyridine rings is 2. The van der Waals surface area contributed by atoms with Gasteiger partial charge in [-0.15, -0.1) is 0 Å². The molecule has 0 radical (unpaired) electrons. The van der Waals surface area contributed by atoms with E-state index in [-0.39, 0.29) is 0 Å². The minimum Gasteiger partial charge on any atom is -0.355 e. The summed E-state index contributed by atoms with van der Waals surface area (Å²) >= 11 is 0. The third-order valence-corrected chi connectivity index (χ3v) is 3.58. The molecule has 21 heavy (non-hydrogen) atoms. The number of nitrogens with two attached hydrogens (primary N) is 1. The second-order valence-corrected chi connectivity index (χ2v) is 5.07. The smallest absolute Gasteiger partial charge is 0.136 e. The fourth-order valence-electron chi connectivity index (χ4n) is 2.54. The molecule has 0 amide bonds. The van der Waals surface area contributed by atoms with Crippen molar-refractivity contribution in [2.24, 2.45) is 5.73 Å². The lowest BCUT2D eigenvalue weighted by Gasteiger charge is -2.20. The number of hydrogen-bond donors (Lipinski definition) is 1. The van der Waals surface area contributed by atoms with Gasteiger partial charge in [-0.05, 0) is 22.6 Å². The maximum absolute atomic E-state index is 5.80. The van der Waals surface area contributed by atoms with Crippen molar-refractivity contribution in [3.8, 4) is 0 Å². The Morgan fingerprint density at radius 2 is 1.86 bits per heavy atom. The normalized spacial score (nSPS) is 10.8. The Labute approximate surface area is 124 Å². The van der Waals surface area contributed by atoms with E-state index in [9.17, 15) is 0 Å². The van der Waals surface area contributed by atoms with Gasteiger partial charge in [-0.25, -0.2) is 4.98 Å². The van der Waals surface area contributed by atoms with Crippen molar-refractivity contribution >= 4 is 16.6 Å². The maximum atomic E-state index is 5.80. The summed E-state index contributed by atoms with van der Waals surface area (Å²) in [5.74, 6) is 0.964. The van der Waals surface area contributed by atoms with Crippen molar-refractivity contribution in [1.29, 1.82) is 0 Å². The molecule has 2 heterocycles.